The fourth-order valence-corrected chi connectivity index (χ4v) is 1.39. The van der Waals surface area contributed by atoms with Crippen LogP contribution in [-0.2, 0) is 14.3 Å². The average molecular weight is 318 g/mol. The fraction of sp³-hybridized carbons (Fsp3) is 0.385. The van der Waals surface area contributed by atoms with Crippen molar-refractivity contribution in [2.75, 3.05) is 25.6 Å². The molecular formula is C13H20ClN3O4. The molecule has 1 aromatic rings. The first kappa shape index (κ1) is 19.2. The molecule has 0 aliphatic heterocycles. The van der Waals surface area contributed by atoms with E-state index in [4.69, 9.17) is 20.9 Å². The van der Waals surface area contributed by atoms with E-state index in [0.29, 0.717) is 11.4 Å². The van der Waals surface area contributed by atoms with Gasteiger partial charge in [0.2, 0.25) is 11.8 Å². The quantitative estimate of drug-likeness (QED) is 0.636. The molecule has 0 bridgehead atoms. The number of nitrogens with two attached hydrogens (primary N) is 2. The van der Waals surface area contributed by atoms with Gasteiger partial charge in [-0.15, -0.1) is 12.4 Å². The van der Waals surface area contributed by atoms with Crippen molar-refractivity contribution in [2.45, 2.75) is 12.5 Å². The highest BCUT2D eigenvalue weighted by molar-refractivity contribution is 5.94. The molecule has 2 amide bonds. The molecule has 0 aromatic heterocycles. The van der Waals surface area contributed by atoms with E-state index in [2.05, 4.69) is 5.32 Å². The van der Waals surface area contributed by atoms with Gasteiger partial charge in [-0.25, -0.2) is 0 Å². The molecule has 1 atom stereocenters. The number of carbonyl (C=O) groups excluding carboxylic acids is 2. The SMILES string of the molecule is COCC(N)C(=O)Nc1ccc(OCCC(N)=O)cc1.Cl. The van der Waals surface area contributed by atoms with Crippen LogP contribution < -0.4 is 21.5 Å². The van der Waals surface area contributed by atoms with E-state index in [1.165, 1.54) is 7.11 Å². The molecule has 0 aliphatic rings. The third-order valence-electron chi connectivity index (χ3n) is 2.42. The van der Waals surface area contributed by atoms with Crippen LogP contribution in [0.4, 0.5) is 5.69 Å². The van der Waals surface area contributed by atoms with Crippen molar-refractivity contribution >= 4 is 29.9 Å². The summed E-state index contributed by atoms with van der Waals surface area (Å²) in [5.74, 6) is -0.152. The van der Waals surface area contributed by atoms with Crippen molar-refractivity contribution in [1.29, 1.82) is 0 Å². The Morgan fingerprint density at radius 3 is 2.43 bits per heavy atom. The van der Waals surface area contributed by atoms with Gasteiger partial charge >= 0.3 is 0 Å². The lowest BCUT2D eigenvalue weighted by atomic mass is 10.2. The highest BCUT2D eigenvalue weighted by Gasteiger charge is 2.12. The number of ether oxygens (including phenoxy) is 2. The molecule has 0 saturated carbocycles. The van der Waals surface area contributed by atoms with Crippen molar-refractivity contribution in [3.8, 4) is 5.75 Å². The van der Waals surface area contributed by atoms with Crippen LogP contribution in [0.5, 0.6) is 5.75 Å². The van der Waals surface area contributed by atoms with E-state index in [-0.39, 0.29) is 37.9 Å². The number of anilines is 1. The smallest absolute Gasteiger partial charge is 0.243 e. The number of rotatable bonds is 8. The van der Waals surface area contributed by atoms with E-state index in [1.54, 1.807) is 24.3 Å². The second kappa shape index (κ2) is 9.98. The molecule has 21 heavy (non-hydrogen) atoms. The van der Waals surface area contributed by atoms with Crippen molar-refractivity contribution in [3.05, 3.63) is 24.3 Å². The van der Waals surface area contributed by atoms with Crippen LogP contribution in [0.15, 0.2) is 24.3 Å². The van der Waals surface area contributed by atoms with E-state index in [1.807, 2.05) is 0 Å². The summed E-state index contributed by atoms with van der Waals surface area (Å²) in [5.41, 5.74) is 11.2. The Balaban J connectivity index is 0.00000400. The molecule has 8 heteroatoms. The zero-order valence-electron chi connectivity index (χ0n) is 11.7. The van der Waals surface area contributed by atoms with Crippen LogP contribution in [0.25, 0.3) is 0 Å². The minimum atomic E-state index is -0.716. The monoisotopic (exact) mass is 317 g/mol. The van der Waals surface area contributed by atoms with Crippen LogP contribution in [0.1, 0.15) is 6.42 Å². The summed E-state index contributed by atoms with van der Waals surface area (Å²) in [6.45, 7) is 0.375. The minimum absolute atomic E-state index is 0. The van der Waals surface area contributed by atoms with Gasteiger partial charge in [0.1, 0.15) is 11.8 Å². The zero-order valence-corrected chi connectivity index (χ0v) is 12.5. The van der Waals surface area contributed by atoms with Crippen molar-refractivity contribution in [3.63, 3.8) is 0 Å². The van der Waals surface area contributed by atoms with Gasteiger partial charge in [-0.2, -0.15) is 0 Å². The van der Waals surface area contributed by atoms with Gasteiger partial charge in [0.25, 0.3) is 0 Å². The van der Waals surface area contributed by atoms with Crippen LogP contribution in [0.3, 0.4) is 0 Å². The van der Waals surface area contributed by atoms with Crippen LogP contribution in [0, 0.1) is 0 Å². The van der Waals surface area contributed by atoms with E-state index >= 15 is 0 Å². The maximum atomic E-state index is 11.6. The highest BCUT2D eigenvalue weighted by atomic mass is 35.5. The number of benzene rings is 1. The van der Waals surface area contributed by atoms with Crippen LogP contribution >= 0.6 is 12.4 Å². The zero-order chi connectivity index (χ0) is 15.0. The number of carbonyl (C=O) groups is 2. The first-order valence-electron chi connectivity index (χ1n) is 6.09. The van der Waals surface area contributed by atoms with E-state index < -0.39 is 11.9 Å². The molecule has 1 unspecified atom stereocenters. The molecular weight excluding hydrogens is 298 g/mol. The largest absolute Gasteiger partial charge is 0.493 e. The Morgan fingerprint density at radius 2 is 1.90 bits per heavy atom. The number of hydrogen-bond donors (Lipinski definition) is 3. The summed E-state index contributed by atoms with van der Waals surface area (Å²) in [6, 6.07) is 6.00. The second-order valence-electron chi connectivity index (χ2n) is 4.14. The first-order valence-corrected chi connectivity index (χ1v) is 6.09. The predicted molar refractivity (Wildman–Crippen MR) is 81.5 cm³/mol. The number of halogens is 1. The summed E-state index contributed by atoms with van der Waals surface area (Å²) in [4.78, 5) is 22.2. The van der Waals surface area contributed by atoms with Gasteiger partial charge in [0.15, 0.2) is 0 Å². The van der Waals surface area contributed by atoms with E-state index in [9.17, 15) is 9.59 Å². The molecule has 1 aromatic carbocycles. The van der Waals surface area contributed by atoms with Gasteiger partial charge in [-0.1, -0.05) is 0 Å². The molecule has 0 aliphatic carbocycles. The average Bonchev–Trinajstić information content (AvgIpc) is 2.40. The second-order valence-corrected chi connectivity index (χ2v) is 4.14. The molecule has 0 fully saturated rings. The molecule has 7 nitrogen and oxygen atoms in total. The van der Waals surface area contributed by atoms with Crippen molar-refractivity contribution in [2.24, 2.45) is 11.5 Å². The van der Waals surface area contributed by atoms with Gasteiger partial charge in [-0.3, -0.25) is 9.59 Å². The van der Waals surface area contributed by atoms with Crippen molar-refractivity contribution < 1.29 is 19.1 Å². The normalized spacial score (nSPS) is 11.1. The Bertz CT molecular complexity index is 453. The molecule has 0 radical (unpaired) electrons. The molecule has 5 N–H and O–H groups in total. The Labute approximate surface area is 129 Å². The van der Waals surface area contributed by atoms with Crippen LogP contribution in [-0.4, -0.2) is 38.2 Å². The van der Waals surface area contributed by atoms with Crippen molar-refractivity contribution in [1.82, 2.24) is 0 Å². The lowest BCUT2D eigenvalue weighted by Crippen LogP contribution is -2.39. The topological polar surface area (TPSA) is 117 Å². The summed E-state index contributed by atoms with van der Waals surface area (Å²) >= 11 is 0. The molecule has 0 spiro atoms. The fourth-order valence-electron chi connectivity index (χ4n) is 1.39. The number of amides is 2. The summed E-state index contributed by atoms with van der Waals surface area (Å²) in [7, 11) is 1.48. The highest BCUT2D eigenvalue weighted by Crippen LogP contribution is 2.15. The van der Waals surface area contributed by atoms with Crippen LogP contribution in [0.2, 0.25) is 0 Å². The summed E-state index contributed by atoms with van der Waals surface area (Å²) < 4.78 is 10.1. The standard InChI is InChI=1S/C13H19N3O4.ClH/c1-19-8-11(14)13(18)16-9-2-4-10(5-3-9)20-7-6-12(15)17;/h2-5,11H,6-8,14H2,1H3,(H2,15,17)(H,16,18);1H. The lowest BCUT2D eigenvalue weighted by molar-refractivity contribution is -0.119. The number of nitrogens with one attached hydrogen (secondary N) is 1. The summed E-state index contributed by atoms with van der Waals surface area (Å²) in [6.07, 6.45) is 0.157. The number of methoxy groups -OCH3 is 1. The third-order valence-corrected chi connectivity index (χ3v) is 2.42. The Hall–Kier alpha value is -1.83. The molecule has 0 saturated heterocycles. The minimum Gasteiger partial charge on any atom is -0.493 e. The van der Waals surface area contributed by atoms with Gasteiger partial charge < -0.3 is 26.3 Å². The number of hydrogen-bond acceptors (Lipinski definition) is 5. The number of primary amides is 1. The van der Waals surface area contributed by atoms with Gasteiger partial charge in [0.05, 0.1) is 19.6 Å². The molecule has 118 valence electrons. The first-order chi connectivity index (χ1) is 9.52. The van der Waals surface area contributed by atoms with Gasteiger partial charge in [-0.05, 0) is 24.3 Å². The lowest BCUT2D eigenvalue weighted by Gasteiger charge is -2.11. The Kier molecular flexibility index (Phi) is 9.11. The third kappa shape index (κ3) is 7.50. The maximum Gasteiger partial charge on any atom is 0.243 e. The predicted octanol–water partition coefficient (Wildman–Crippen LogP) is 0.275. The Morgan fingerprint density at radius 1 is 1.29 bits per heavy atom. The summed E-state index contributed by atoms with van der Waals surface area (Å²) in [5, 5.41) is 2.65. The van der Waals surface area contributed by atoms with Gasteiger partial charge in [0, 0.05) is 12.8 Å². The molecule has 1 rings (SSSR count). The van der Waals surface area contributed by atoms with E-state index in [0.717, 1.165) is 0 Å². The maximum absolute atomic E-state index is 11.6. The molecule has 0 heterocycles.